The fourth-order valence-corrected chi connectivity index (χ4v) is 2.91. The molecule has 1 aliphatic heterocycles. The molecule has 0 fully saturated rings. The van der Waals surface area contributed by atoms with Crippen molar-refractivity contribution < 1.29 is 19.4 Å². The predicted molar refractivity (Wildman–Crippen MR) is 91.8 cm³/mol. The highest BCUT2D eigenvalue weighted by molar-refractivity contribution is 5.95. The number of fused-ring (bicyclic) bond motifs is 1. The van der Waals surface area contributed by atoms with Crippen molar-refractivity contribution in [2.45, 2.75) is 32.9 Å². The fraction of sp³-hybridized carbons (Fsp3) is 0.316. The van der Waals surface area contributed by atoms with E-state index >= 15 is 0 Å². The Balaban J connectivity index is 1.85. The van der Waals surface area contributed by atoms with E-state index in [9.17, 15) is 9.59 Å². The van der Waals surface area contributed by atoms with Gasteiger partial charge in [-0.2, -0.15) is 0 Å². The lowest BCUT2D eigenvalue weighted by Crippen LogP contribution is -2.36. The highest BCUT2D eigenvalue weighted by Crippen LogP contribution is 2.24. The van der Waals surface area contributed by atoms with E-state index in [1.54, 1.807) is 35.4 Å². The lowest BCUT2D eigenvalue weighted by atomic mass is 9.97. The second-order valence-electron chi connectivity index (χ2n) is 6.28. The molecule has 1 aromatic carbocycles. The van der Waals surface area contributed by atoms with E-state index < -0.39 is 5.97 Å². The van der Waals surface area contributed by atoms with E-state index in [1.165, 1.54) is 0 Å². The average Bonchev–Trinajstić information content (AvgIpc) is 2.60. The van der Waals surface area contributed by atoms with Gasteiger partial charge in [0.05, 0.1) is 11.7 Å². The Morgan fingerprint density at radius 1 is 1.24 bits per heavy atom. The van der Waals surface area contributed by atoms with Crippen LogP contribution >= 0.6 is 0 Å². The van der Waals surface area contributed by atoms with Gasteiger partial charge in [0, 0.05) is 19.3 Å². The number of carboxylic acids is 1. The zero-order valence-electron chi connectivity index (χ0n) is 14.2. The van der Waals surface area contributed by atoms with Crippen molar-refractivity contribution >= 4 is 11.9 Å². The number of carbonyl (C=O) groups is 2. The Morgan fingerprint density at radius 2 is 2.04 bits per heavy atom. The Kier molecular flexibility index (Phi) is 4.70. The van der Waals surface area contributed by atoms with Crippen LogP contribution in [0.25, 0.3) is 0 Å². The molecule has 0 unspecified atom stereocenters. The number of aromatic carboxylic acids is 1. The standard InChI is InChI=1S/C19H20N2O4/c1-12(2)25-16-4-3-8-20-17(16)18(22)21-9-7-13-5-6-14(19(23)24)10-15(13)11-21/h3-6,8,10,12H,7,9,11H2,1-2H3,(H,23,24). The van der Waals surface area contributed by atoms with Gasteiger partial charge in [-0.05, 0) is 55.7 Å². The van der Waals surface area contributed by atoms with Crippen LogP contribution in [0.15, 0.2) is 36.5 Å². The van der Waals surface area contributed by atoms with Crippen molar-refractivity contribution in [1.82, 2.24) is 9.88 Å². The number of ether oxygens (including phenoxy) is 1. The van der Waals surface area contributed by atoms with Gasteiger partial charge in [0.2, 0.25) is 0 Å². The van der Waals surface area contributed by atoms with Crippen molar-refractivity contribution in [3.05, 3.63) is 58.9 Å². The third-order valence-corrected chi connectivity index (χ3v) is 4.09. The van der Waals surface area contributed by atoms with E-state index in [0.717, 1.165) is 11.1 Å². The Morgan fingerprint density at radius 3 is 2.76 bits per heavy atom. The Bertz CT molecular complexity index is 817. The number of carbonyl (C=O) groups excluding carboxylic acids is 1. The van der Waals surface area contributed by atoms with Gasteiger partial charge < -0.3 is 14.7 Å². The smallest absolute Gasteiger partial charge is 0.335 e. The quantitative estimate of drug-likeness (QED) is 0.926. The van der Waals surface area contributed by atoms with E-state index in [0.29, 0.717) is 25.3 Å². The summed E-state index contributed by atoms with van der Waals surface area (Å²) < 4.78 is 5.69. The third-order valence-electron chi connectivity index (χ3n) is 4.09. The number of benzene rings is 1. The lowest BCUT2D eigenvalue weighted by Gasteiger charge is -2.29. The van der Waals surface area contributed by atoms with E-state index in [4.69, 9.17) is 9.84 Å². The van der Waals surface area contributed by atoms with Gasteiger partial charge in [0.15, 0.2) is 11.4 Å². The maximum atomic E-state index is 12.9. The summed E-state index contributed by atoms with van der Waals surface area (Å²) >= 11 is 0. The molecule has 1 aliphatic rings. The summed E-state index contributed by atoms with van der Waals surface area (Å²) in [5, 5.41) is 9.15. The van der Waals surface area contributed by atoms with Gasteiger partial charge in [-0.15, -0.1) is 0 Å². The van der Waals surface area contributed by atoms with E-state index in [-0.39, 0.29) is 23.3 Å². The van der Waals surface area contributed by atoms with Gasteiger partial charge in [0.25, 0.3) is 5.91 Å². The lowest BCUT2D eigenvalue weighted by molar-refractivity contribution is 0.0696. The van der Waals surface area contributed by atoms with Crippen molar-refractivity contribution in [1.29, 1.82) is 0 Å². The van der Waals surface area contributed by atoms with Crippen LogP contribution in [-0.2, 0) is 13.0 Å². The predicted octanol–water partition coefficient (Wildman–Crippen LogP) is 2.77. The van der Waals surface area contributed by atoms with Crippen molar-refractivity contribution in [2.75, 3.05) is 6.54 Å². The van der Waals surface area contributed by atoms with Gasteiger partial charge in [0.1, 0.15) is 0 Å². The number of aromatic nitrogens is 1. The summed E-state index contributed by atoms with van der Waals surface area (Å²) in [6.07, 6.45) is 2.20. The maximum Gasteiger partial charge on any atom is 0.335 e. The molecule has 6 nitrogen and oxygen atoms in total. The third kappa shape index (κ3) is 3.63. The SMILES string of the molecule is CC(C)Oc1cccnc1C(=O)N1CCc2ccc(C(=O)O)cc2C1. The first-order valence-corrected chi connectivity index (χ1v) is 8.21. The fourth-order valence-electron chi connectivity index (χ4n) is 2.91. The molecule has 0 radical (unpaired) electrons. The molecular weight excluding hydrogens is 320 g/mol. The summed E-state index contributed by atoms with van der Waals surface area (Å²) in [5.74, 6) is -0.709. The molecular formula is C19H20N2O4. The molecule has 0 saturated heterocycles. The molecule has 0 aliphatic carbocycles. The number of hydrogen-bond acceptors (Lipinski definition) is 4. The van der Waals surface area contributed by atoms with Crippen molar-refractivity contribution in [2.24, 2.45) is 0 Å². The second kappa shape index (κ2) is 6.93. The van der Waals surface area contributed by atoms with Crippen LogP contribution in [0.1, 0.15) is 45.8 Å². The monoisotopic (exact) mass is 340 g/mol. The molecule has 1 N–H and O–H groups in total. The summed E-state index contributed by atoms with van der Waals surface area (Å²) in [5.41, 5.74) is 2.46. The Hall–Kier alpha value is -2.89. The molecule has 130 valence electrons. The highest BCUT2D eigenvalue weighted by Gasteiger charge is 2.26. The first kappa shape index (κ1) is 17.0. The van der Waals surface area contributed by atoms with Gasteiger partial charge >= 0.3 is 5.97 Å². The van der Waals surface area contributed by atoms with Crippen LogP contribution in [0.3, 0.4) is 0 Å². The zero-order valence-corrected chi connectivity index (χ0v) is 14.2. The normalized spacial score (nSPS) is 13.5. The molecule has 6 heteroatoms. The van der Waals surface area contributed by atoms with Crippen LogP contribution in [0.5, 0.6) is 5.75 Å². The summed E-state index contributed by atoms with van der Waals surface area (Å²) in [7, 11) is 0. The first-order valence-electron chi connectivity index (χ1n) is 8.21. The highest BCUT2D eigenvalue weighted by atomic mass is 16.5. The largest absolute Gasteiger partial charge is 0.489 e. The van der Waals surface area contributed by atoms with Crippen molar-refractivity contribution in [3.63, 3.8) is 0 Å². The summed E-state index contributed by atoms with van der Waals surface area (Å²) in [4.78, 5) is 29.9. The summed E-state index contributed by atoms with van der Waals surface area (Å²) in [6.45, 7) is 4.72. The average molecular weight is 340 g/mol. The first-order chi connectivity index (χ1) is 12.0. The molecule has 2 heterocycles. The minimum absolute atomic E-state index is 0.0593. The molecule has 1 aromatic heterocycles. The van der Waals surface area contributed by atoms with Crippen LogP contribution < -0.4 is 4.74 Å². The number of hydrogen-bond donors (Lipinski definition) is 1. The second-order valence-corrected chi connectivity index (χ2v) is 6.28. The molecule has 0 bridgehead atoms. The topological polar surface area (TPSA) is 79.7 Å². The molecule has 0 spiro atoms. The minimum atomic E-state index is -0.969. The van der Waals surface area contributed by atoms with E-state index in [1.807, 2.05) is 19.9 Å². The molecule has 1 amide bonds. The van der Waals surface area contributed by atoms with E-state index in [2.05, 4.69) is 4.98 Å². The van der Waals surface area contributed by atoms with Gasteiger partial charge in [-0.1, -0.05) is 6.07 Å². The van der Waals surface area contributed by atoms with Gasteiger partial charge in [-0.3, -0.25) is 4.79 Å². The van der Waals surface area contributed by atoms with Crippen LogP contribution in [0.4, 0.5) is 0 Å². The number of pyridine rings is 1. The van der Waals surface area contributed by atoms with Crippen LogP contribution in [0.2, 0.25) is 0 Å². The Labute approximate surface area is 146 Å². The van der Waals surface area contributed by atoms with Crippen molar-refractivity contribution in [3.8, 4) is 5.75 Å². The summed E-state index contributed by atoms with van der Waals surface area (Å²) in [6, 6.07) is 8.54. The molecule has 25 heavy (non-hydrogen) atoms. The van der Waals surface area contributed by atoms with Gasteiger partial charge in [-0.25, -0.2) is 9.78 Å². The maximum absolute atomic E-state index is 12.9. The number of carboxylic acid groups (broad SMARTS) is 1. The zero-order chi connectivity index (χ0) is 18.0. The number of amides is 1. The number of nitrogens with zero attached hydrogens (tertiary/aromatic N) is 2. The van der Waals surface area contributed by atoms with Crippen LogP contribution in [-0.4, -0.2) is 39.5 Å². The molecule has 3 rings (SSSR count). The molecule has 0 atom stereocenters. The minimum Gasteiger partial charge on any atom is -0.489 e. The number of rotatable bonds is 4. The molecule has 2 aromatic rings. The molecule has 0 saturated carbocycles. The van der Waals surface area contributed by atoms with Crippen LogP contribution in [0, 0.1) is 0 Å².